The Morgan fingerprint density at radius 2 is 1.81 bits per heavy atom. The van der Waals surface area contributed by atoms with E-state index in [9.17, 15) is 12.8 Å². The Kier molecular flexibility index (Phi) is 5.41. The van der Waals surface area contributed by atoms with Crippen LogP contribution in [0.15, 0.2) is 65.7 Å². The van der Waals surface area contributed by atoms with Gasteiger partial charge in [0.25, 0.3) is 10.0 Å². The number of hydrogen-bond donors (Lipinski definition) is 2. The molecule has 1 aromatic heterocycles. The van der Waals surface area contributed by atoms with E-state index in [0.29, 0.717) is 22.6 Å². The van der Waals surface area contributed by atoms with E-state index in [1.165, 1.54) is 12.3 Å². The van der Waals surface area contributed by atoms with Gasteiger partial charge in [-0.2, -0.15) is 0 Å². The average molecular weight is 385 g/mol. The predicted molar refractivity (Wildman–Crippen MR) is 105 cm³/mol. The fraction of sp³-hybridized carbons (Fsp3) is 0.150. The monoisotopic (exact) mass is 385 g/mol. The van der Waals surface area contributed by atoms with E-state index in [2.05, 4.69) is 15.0 Å². The number of nitrogens with one attached hydrogen (secondary N) is 2. The highest BCUT2D eigenvalue weighted by Crippen LogP contribution is 2.21. The maximum absolute atomic E-state index is 13.6. The first-order valence-electron chi connectivity index (χ1n) is 8.38. The molecule has 0 saturated heterocycles. The van der Waals surface area contributed by atoms with Gasteiger partial charge in [0.2, 0.25) is 0 Å². The van der Waals surface area contributed by atoms with Gasteiger partial charge in [-0.05, 0) is 43.7 Å². The molecule has 5 nitrogen and oxygen atoms in total. The highest BCUT2D eigenvalue weighted by atomic mass is 32.2. The number of anilines is 2. The highest BCUT2D eigenvalue weighted by molar-refractivity contribution is 7.92. The molecule has 140 valence electrons. The van der Waals surface area contributed by atoms with Crippen LogP contribution in [0.5, 0.6) is 0 Å². The molecule has 3 rings (SSSR count). The molecule has 0 spiro atoms. The molecule has 0 bridgehead atoms. The third-order valence-corrected chi connectivity index (χ3v) is 5.59. The van der Waals surface area contributed by atoms with Gasteiger partial charge in [-0.3, -0.25) is 4.72 Å². The lowest BCUT2D eigenvalue weighted by molar-refractivity contribution is 0.600. The van der Waals surface area contributed by atoms with Crippen LogP contribution >= 0.6 is 0 Å². The molecule has 0 fully saturated rings. The Morgan fingerprint density at radius 3 is 2.48 bits per heavy atom. The number of rotatable bonds is 6. The number of benzene rings is 2. The van der Waals surface area contributed by atoms with Crippen molar-refractivity contribution in [3.8, 4) is 0 Å². The zero-order chi connectivity index (χ0) is 19.4. The average Bonchev–Trinajstić information content (AvgIpc) is 2.61. The maximum atomic E-state index is 13.6. The smallest absolute Gasteiger partial charge is 0.262 e. The third kappa shape index (κ3) is 4.62. The van der Waals surface area contributed by atoms with Gasteiger partial charge in [-0.1, -0.05) is 35.9 Å². The molecule has 27 heavy (non-hydrogen) atoms. The minimum absolute atomic E-state index is 0.231. The first-order chi connectivity index (χ1) is 12.8. The summed E-state index contributed by atoms with van der Waals surface area (Å²) in [5.74, 6) is 0.232. The van der Waals surface area contributed by atoms with Crippen molar-refractivity contribution in [3.63, 3.8) is 0 Å². The summed E-state index contributed by atoms with van der Waals surface area (Å²) in [5.41, 5.74) is 2.56. The first kappa shape index (κ1) is 18.8. The number of halogens is 1. The van der Waals surface area contributed by atoms with Crippen LogP contribution < -0.4 is 10.0 Å². The normalized spacial score (nSPS) is 11.2. The van der Waals surface area contributed by atoms with E-state index in [1.807, 2.05) is 13.0 Å². The molecule has 2 N–H and O–H groups in total. The Morgan fingerprint density at radius 1 is 1.04 bits per heavy atom. The minimum atomic E-state index is -3.69. The van der Waals surface area contributed by atoms with Gasteiger partial charge in [-0.15, -0.1) is 0 Å². The molecule has 3 aromatic rings. The first-order valence-corrected chi connectivity index (χ1v) is 9.87. The highest BCUT2D eigenvalue weighted by Gasteiger charge is 2.17. The summed E-state index contributed by atoms with van der Waals surface area (Å²) in [7, 11) is -3.69. The standard InChI is InChI=1S/C20H20FN3O2S/c1-14-7-9-19(15(2)11-14)27(25,26)24-17-8-10-20(23-13-17)22-12-16-5-3-4-6-18(16)21/h3-11,13,24H,12H2,1-2H3,(H,22,23). The van der Waals surface area contributed by atoms with Crippen molar-refractivity contribution in [1.82, 2.24) is 4.98 Å². The third-order valence-electron chi connectivity index (χ3n) is 4.05. The molecule has 0 saturated carbocycles. The fourth-order valence-corrected chi connectivity index (χ4v) is 3.97. The van der Waals surface area contributed by atoms with Gasteiger partial charge in [-0.25, -0.2) is 17.8 Å². The molecule has 0 aliphatic rings. The number of aromatic nitrogens is 1. The van der Waals surface area contributed by atoms with E-state index in [-0.39, 0.29) is 17.3 Å². The van der Waals surface area contributed by atoms with Gasteiger partial charge < -0.3 is 5.32 Å². The summed E-state index contributed by atoms with van der Waals surface area (Å²) >= 11 is 0. The molecule has 0 unspecified atom stereocenters. The SMILES string of the molecule is Cc1ccc(S(=O)(=O)Nc2ccc(NCc3ccccc3F)nc2)c(C)c1. The van der Waals surface area contributed by atoms with E-state index in [0.717, 1.165) is 5.56 Å². The van der Waals surface area contributed by atoms with Crippen LogP contribution in [0.25, 0.3) is 0 Å². The Balaban J connectivity index is 1.69. The van der Waals surface area contributed by atoms with Crippen LogP contribution in [0, 0.1) is 19.7 Å². The Labute approximate surface area is 158 Å². The molecular formula is C20H20FN3O2S. The molecule has 0 amide bonds. The van der Waals surface area contributed by atoms with Gasteiger partial charge in [0.1, 0.15) is 11.6 Å². The summed E-state index contributed by atoms with van der Waals surface area (Å²) in [6.07, 6.45) is 1.42. The largest absolute Gasteiger partial charge is 0.366 e. The fourth-order valence-electron chi connectivity index (χ4n) is 2.70. The van der Waals surface area contributed by atoms with Crippen molar-refractivity contribution in [2.75, 3.05) is 10.0 Å². The molecule has 0 aliphatic heterocycles. The van der Waals surface area contributed by atoms with Crippen LogP contribution in [-0.4, -0.2) is 13.4 Å². The second-order valence-electron chi connectivity index (χ2n) is 6.25. The maximum Gasteiger partial charge on any atom is 0.262 e. The van der Waals surface area contributed by atoms with Crippen LogP contribution in [0.4, 0.5) is 15.9 Å². The lowest BCUT2D eigenvalue weighted by atomic mass is 10.2. The quantitative estimate of drug-likeness (QED) is 0.665. The number of hydrogen-bond acceptors (Lipinski definition) is 4. The van der Waals surface area contributed by atoms with Gasteiger partial charge in [0.05, 0.1) is 16.8 Å². The molecule has 1 heterocycles. The number of sulfonamides is 1. The minimum Gasteiger partial charge on any atom is -0.366 e. The van der Waals surface area contributed by atoms with Crippen molar-refractivity contribution < 1.29 is 12.8 Å². The van der Waals surface area contributed by atoms with Crippen molar-refractivity contribution in [3.05, 3.63) is 83.3 Å². The van der Waals surface area contributed by atoms with Crippen molar-refractivity contribution in [1.29, 1.82) is 0 Å². The lowest BCUT2D eigenvalue weighted by Gasteiger charge is -2.11. The van der Waals surface area contributed by atoms with Gasteiger partial charge in [0.15, 0.2) is 0 Å². The molecule has 0 aliphatic carbocycles. The summed E-state index contributed by atoms with van der Waals surface area (Å²) in [5, 5.41) is 3.01. The second kappa shape index (κ2) is 7.75. The van der Waals surface area contributed by atoms with Crippen molar-refractivity contribution >= 4 is 21.5 Å². The van der Waals surface area contributed by atoms with E-state index >= 15 is 0 Å². The predicted octanol–water partition coefficient (Wildman–Crippen LogP) is 4.25. The van der Waals surface area contributed by atoms with Gasteiger partial charge in [0, 0.05) is 12.1 Å². The number of nitrogens with zero attached hydrogens (tertiary/aromatic N) is 1. The zero-order valence-corrected chi connectivity index (χ0v) is 15.8. The molecular weight excluding hydrogens is 365 g/mol. The molecule has 0 atom stereocenters. The van der Waals surface area contributed by atoms with Crippen LogP contribution in [0.1, 0.15) is 16.7 Å². The Hall–Kier alpha value is -2.93. The molecule has 2 aromatic carbocycles. The summed E-state index contributed by atoms with van der Waals surface area (Å²) < 4.78 is 41.3. The molecule has 0 radical (unpaired) electrons. The summed E-state index contributed by atoms with van der Waals surface area (Å²) in [4.78, 5) is 4.41. The van der Waals surface area contributed by atoms with Crippen molar-refractivity contribution in [2.24, 2.45) is 0 Å². The topological polar surface area (TPSA) is 71.1 Å². The zero-order valence-electron chi connectivity index (χ0n) is 15.0. The number of pyridine rings is 1. The van der Waals surface area contributed by atoms with Crippen LogP contribution in [-0.2, 0) is 16.6 Å². The summed E-state index contributed by atoms with van der Waals surface area (Å²) in [6, 6.07) is 14.9. The molecule has 7 heteroatoms. The van der Waals surface area contributed by atoms with Gasteiger partial charge >= 0.3 is 0 Å². The lowest BCUT2D eigenvalue weighted by Crippen LogP contribution is -2.14. The van der Waals surface area contributed by atoms with E-state index in [4.69, 9.17) is 0 Å². The van der Waals surface area contributed by atoms with Crippen LogP contribution in [0.3, 0.4) is 0 Å². The summed E-state index contributed by atoms with van der Waals surface area (Å²) in [6.45, 7) is 3.95. The Bertz CT molecular complexity index is 1050. The second-order valence-corrected chi connectivity index (χ2v) is 7.90. The van der Waals surface area contributed by atoms with Crippen molar-refractivity contribution in [2.45, 2.75) is 25.3 Å². The number of aryl methyl sites for hydroxylation is 2. The van der Waals surface area contributed by atoms with E-state index < -0.39 is 10.0 Å². The van der Waals surface area contributed by atoms with E-state index in [1.54, 1.807) is 49.4 Å². The van der Waals surface area contributed by atoms with Crippen LogP contribution in [0.2, 0.25) is 0 Å².